The van der Waals surface area contributed by atoms with Crippen LogP contribution in [0.2, 0.25) is 0 Å². The van der Waals surface area contributed by atoms with E-state index < -0.39 is 0 Å². The first-order valence-electron chi connectivity index (χ1n) is 17.5. The number of furan rings is 2. The van der Waals surface area contributed by atoms with Gasteiger partial charge in [0.2, 0.25) is 0 Å². The largest absolute Gasteiger partial charge is 0.512 e. The third kappa shape index (κ3) is 7.67. The zero-order valence-corrected chi connectivity index (χ0v) is 33.3. The van der Waals surface area contributed by atoms with E-state index >= 15 is 0 Å². The molecule has 6 heteroatoms. The van der Waals surface area contributed by atoms with Gasteiger partial charge < -0.3 is 13.9 Å². The molecular formula is C44H50IrNO4-. The molecule has 3 heterocycles. The molecule has 3 aromatic carbocycles. The molecule has 0 unspecified atom stereocenters. The van der Waals surface area contributed by atoms with Gasteiger partial charge in [-0.15, -0.1) is 29.1 Å². The van der Waals surface area contributed by atoms with Crippen molar-refractivity contribution in [2.45, 2.75) is 93.4 Å². The monoisotopic (exact) mass is 849 g/mol. The van der Waals surface area contributed by atoms with Crippen LogP contribution in [-0.2, 0) is 30.3 Å². The SMILES string of the molecule is CC(C)(C)c1cc(-c2nccc3oc(-c4cccc5ccoc45)cc23)[c-]c2ccccc12.CCC(C)(CC)C(=O)/C=C(\O)C(C)(CC)CC.[Ir]. The van der Waals surface area contributed by atoms with E-state index in [0.29, 0.717) is 0 Å². The molecular weight excluding hydrogens is 799 g/mol. The van der Waals surface area contributed by atoms with E-state index in [4.69, 9.17) is 13.8 Å². The number of aliphatic hydroxyl groups excluding tert-OH is 1. The maximum Gasteiger partial charge on any atom is 0.164 e. The van der Waals surface area contributed by atoms with Gasteiger partial charge in [-0.2, -0.15) is 0 Å². The molecule has 0 saturated heterocycles. The van der Waals surface area contributed by atoms with Crippen molar-refractivity contribution in [3.63, 3.8) is 0 Å². The molecule has 1 radical (unpaired) electrons. The molecule has 265 valence electrons. The van der Waals surface area contributed by atoms with Crippen molar-refractivity contribution < 1.29 is 38.8 Å². The predicted octanol–water partition coefficient (Wildman–Crippen LogP) is 12.8. The number of rotatable bonds is 9. The molecule has 3 aromatic heterocycles. The Bertz CT molecular complexity index is 2120. The van der Waals surface area contributed by atoms with Crippen LogP contribution in [0.3, 0.4) is 0 Å². The summed E-state index contributed by atoms with van der Waals surface area (Å²) in [6, 6.07) is 26.3. The number of allylic oxidation sites excluding steroid dienone is 2. The van der Waals surface area contributed by atoms with Gasteiger partial charge in [0.05, 0.1) is 11.8 Å². The Kier molecular flexibility index (Phi) is 12.0. The van der Waals surface area contributed by atoms with E-state index in [1.807, 2.05) is 71.9 Å². The first-order chi connectivity index (χ1) is 23.3. The molecule has 5 nitrogen and oxygen atoms in total. The van der Waals surface area contributed by atoms with E-state index in [1.54, 1.807) is 12.5 Å². The second kappa shape index (κ2) is 15.5. The number of nitrogens with zero attached hydrogens (tertiary/aromatic N) is 1. The third-order valence-corrected chi connectivity index (χ3v) is 10.6. The van der Waals surface area contributed by atoms with Crippen LogP contribution in [-0.4, -0.2) is 15.9 Å². The summed E-state index contributed by atoms with van der Waals surface area (Å²) in [6.45, 7) is 18.8. The molecule has 0 aliphatic rings. The molecule has 0 fully saturated rings. The average molecular weight is 849 g/mol. The van der Waals surface area contributed by atoms with Gasteiger partial charge >= 0.3 is 0 Å². The molecule has 0 atom stereocenters. The van der Waals surface area contributed by atoms with E-state index in [2.05, 4.69) is 63.2 Å². The zero-order valence-electron chi connectivity index (χ0n) is 30.9. The Morgan fingerprint density at radius 2 is 1.52 bits per heavy atom. The number of aromatic nitrogens is 1. The van der Waals surface area contributed by atoms with Gasteiger partial charge in [0, 0.05) is 59.7 Å². The van der Waals surface area contributed by atoms with Crippen molar-refractivity contribution in [1.82, 2.24) is 4.98 Å². The summed E-state index contributed by atoms with van der Waals surface area (Å²) in [4.78, 5) is 16.9. The summed E-state index contributed by atoms with van der Waals surface area (Å²) in [7, 11) is 0. The molecule has 0 bridgehead atoms. The Balaban J connectivity index is 0.000000269. The minimum absolute atomic E-state index is 0. The van der Waals surface area contributed by atoms with Gasteiger partial charge in [-0.3, -0.25) is 9.78 Å². The Morgan fingerprint density at radius 1 is 0.840 bits per heavy atom. The van der Waals surface area contributed by atoms with Gasteiger partial charge in [-0.05, 0) is 55.4 Å². The van der Waals surface area contributed by atoms with Gasteiger partial charge in [0.15, 0.2) is 5.78 Å². The topological polar surface area (TPSA) is 76.5 Å². The summed E-state index contributed by atoms with van der Waals surface area (Å²) < 4.78 is 12.0. The van der Waals surface area contributed by atoms with Crippen molar-refractivity contribution >= 4 is 38.5 Å². The number of para-hydroxylation sites is 1. The number of ketones is 1. The minimum atomic E-state index is -0.337. The fraction of sp³-hybridized carbons (Fsp3) is 0.364. The van der Waals surface area contributed by atoms with Crippen molar-refractivity contribution in [3.8, 4) is 22.6 Å². The van der Waals surface area contributed by atoms with Crippen LogP contribution in [0.25, 0.3) is 55.3 Å². The molecule has 0 spiro atoms. The van der Waals surface area contributed by atoms with Crippen LogP contribution in [0.5, 0.6) is 0 Å². The average Bonchev–Trinajstić information content (AvgIpc) is 3.78. The smallest absolute Gasteiger partial charge is 0.164 e. The standard InChI is InChI=1S/C29H22NO2.C15H28O2.Ir/c1-29(2,3)24-16-20(15-19-7-4-5-9-21(19)24)27-23-17-26(32-25(23)11-13-30-27)22-10-6-8-18-12-14-31-28(18)22;1-7-14(5,8-2)12(16)11-13(17)15(6,9-3)10-4;/h4-14,16-17H,1-3H3;11,16H,7-10H2,1-6H3;/q-1;;/b;12-11-;. The Morgan fingerprint density at radius 3 is 2.18 bits per heavy atom. The van der Waals surface area contributed by atoms with Crippen molar-refractivity contribution in [1.29, 1.82) is 0 Å². The minimum Gasteiger partial charge on any atom is -0.512 e. The number of aliphatic hydroxyl groups is 1. The molecule has 0 aliphatic carbocycles. The Hall–Kier alpha value is -3.99. The van der Waals surface area contributed by atoms with Crippen LogP contribution in [0.4, 0.5) is 0 Å². The number of fused-ring (bicyclic) bond motifs is 3. The van der Waals surface area contributed by atoms with Gasteiger partial charge in [-0.25, -0.2) is 0 Å². The van der Waals surface area contributed by atoms with Crippen molar-refractivity contribution in [2.75, 3.05) is 0 Å². The first kappa shape index (κ1) is 38.8. The molecule has 1 N–H and O–H groups in total. The van der Waals surface area contributed by atoms with Crippen LogP contribution < -0.4 is 0 Å². The van der Waals surface area contributed by atoms with E-state index in [0.717, 1.165) is 75.6 Å². The maximum atomic E-state index is 12.2. The normalized spacial score (nSPS) is 12.5. The van der Waals surface area contributed by atoms with Gasteiger partial charge in [0.1, 0.15) is 22.7 Å². The molecule has 6 rings (SSSR count). The first-order valence-corrected chi connectivity index (χ1v) is 17.5. The summed E-state index contributed by atoms with van der Waals surface area (Å²) in [5, 5.41) is 14.5. The predicted molar refractivity (Wildman–Crippen MR) is 203 cm³/mol. The Labute approximate surface area is 310 Å². The van der Waals surface area contributed by atoms with E-state index in [1.165, 1.54) is 17.0 Å². The van der Waals surface area contributed by atoms with Crippen LogP contribution in [0, 0.1) is 16.9 Å². The molecule has 50 heavy (non-hydrogen) atoms. The summed E-state index contributed by atoms with van der Waals surface area (Å²) >= 11 is 0. The third-order valence-electron chi connectivity index (χ3n) is 10.6. The summed E-state index contributed by atoms with van der Waals surface area (Å²) in [5.41, 5.74) is 5.09. The van der Waals surface area contributed by atoms with Crippen LogP contribution >= 0.6 is 0 Å². The van der Waals surface area contributed by atoms with Crippen LogP contribution in [0.15, 0.2) is 99.9 Å². The number of benzene rings is 3. The molecule has 0 saturated carbocycles. The quantitative estimate of drug-likeness (QED) is 0.0891. The second-order valence-corrected chi connectivity index (χ2v) is 14.6. The van der Waals surface area contributed by atoms with Gasteiger partial charge in [0.25, 0.3) is 0 Å². The van der Waals surface area contributed by atoms with Crippen molar-refractivity contribution in [2.24, 2.45) is 10.8 Å². The van der Waals surface area contributed by atoms with Gasteiger partial charge in [-0.1, -0.05) is 104 Å². The second-order valence-electron chi connectivity index (χ2n) is 14.6. The molecule has 6 aromatic rings. The molecule has 0 aliphatic heterocycles. The number of pyridine rings is 1. The number of carbonyl (C=O) groups excluding carboxylic acids is 1. The fourth-order valence-electron chi connectivity index (χ4n) is 6.16. The summed E-state index contributed by atoms with van der Waals surface area (Å²) in [5.74, 6) is 1.06. The number of hydrogen-bond donors (Lipinski definition) is 1. The van der Waals surface area contributed by atoms with E-state index in [-0.39, 0.29) is 47.9 Å². The van der Waals surface area contributed by atoms with Crippen molar-refractivity contribution in [3.05, 3.63) is 103 Å². The number of carbonyl (C=O) groups is 1. The fourth-order valence-corrected chi connectivity index (χ4v) is 6.16. The van der Waals surface area contributed by atoms with Crippen LogP contribution in [0.1, 0.15) is 93.6 Å². The van der Waals surface area contributed by atoms with E-state index in [9.17, 15) is 9.90 Å². The molecule has 0 amide bonds. The number of hydrogen-bond acceptors (Lipinski definition) is 5. The summed E-state index contributed by atoms with van der Waals surface area (Å²) in [6.07, 6.45) is 8.27. The zero-order chi connectivity index (χ0) is 35.6. The maximum absolute atomic E-state index is 12.2.